The van der Waals surface area contributed by atoms with Crippen LogP contribution in [0.25, 0.3) is 0 Å². The molecule has 7 nitrogen and oxygen atoms in total. The number of carbonyl (C=O) groups is 1. The van der Waals surface area contributed by atoms with E-state index in [1.165, 1.54) is 0 Å². The highest BCUT2D eigenvalue weighted by Crippen LogP contribution is 2.36. The summed E-state index contributed by atoms with van der Waals surface area (Å²) in [5.41, 5.74) is -0.414. The second-order valence-corrected chi connectivity index (χ2v) is 5.96. The average Bonchev–Trinajstić information content (AvgIpc) is 3.17. The summed E-state index contributed by atoms with van der Waals surface area (Å²) < 4.78 is 10.4. The number of benzene rings is 1. The van der Waals surface area contributed by atoms with E-state index in [0.717, 1.165) is 5.56 Å². The third-order valence-corrected chi connectivity index (χ3v) is 4.19. The molecule has 24 heavy (non-hydrogen) atoms. The van der Waals surface area contributed by atoms with Crippen LogP contribution in [0.3, 0.4) is 0 Å². The van der Waals surface area contributed by atoms with E-state index < -0.39 is 11.6 Å². The zero-order valence-corrected chi connectivity index (χ0v) is 13.8. The number of esters is 1. The van der Waals surface area contributed by atoms with Crippen molar-refractivity contribution in [2.45, 2.75) is 31.9 Å². The van der Waals surface area contributed by atoms with E-state index in [2.05, 4.69) is 10.1 Å². The molecule has 1 aliphatic heterocycles. The minimum Gasteiger partial charge on any atom is -0.465 e. The van der Waals surface area contributed by atoms with Crippen LogP contribution >= 0.6 is 0 Å². The number of rotatable bonds is 5. The number of hydrogen-bond donors (Lipinski definition) is 1. The minimum absolute atomic E-state index is 0.193. The molecule has 0 amide bonds. The predicted octanol–water partition coefficient (Wildman–Crippen LogP) is 1.58. The molecule has 1 aromatic heterocycles. The van der Waals surface area contributed by atoms with E-state index in [0.29, 0.717) is 25.4 Å². The van der Waals surface area contributed by atoms with Crippen molar-refractivity contribution in [3.05, 3.63) is 47.6 Å². The van der Waals surface area contributed by atoms with E-state index in [4.69, 9.17) is 9.26 Å². The lowest BCUT2D eigenvalue weighted by molar-refractivity contribution is -0.149. The third kappa shape index (κ3) is 3.18. The van der Waals surface area contributed by atoms with Gasteiger partial charge in [-0.15, -0.1) is 0 Å². The monoisotopic (exact) mass is 331 g/mol. The second kappa shape index (κ2) is 6.70. The highest BCUT2D eigenvalue weighted by Gasteiger charge is 2.46. The van der Waals surface area contributed by atoms with Crippen molar-refractivity contribution in [3.8, 4) is 0 Å². The Hall–Kier alpha value is -2.25. The van der Waals surface area contributed by atoms with Gasteiger partial charge in [0.25, 0.3) is 5.89 Å². The Balaban J connectivity index is 1.86. The molecule has 0 aliphatic carbocycles. The summed E-state index contributed by atoms with van der Waals surface area (Å²) in [6.07, 6.45) is 0.414. The number of carbonyl (C=O) groups excluding carboxylic acids is 1. The Labute approximate surface area is 140 Å². The number of aromatic nitrogens is 2. The minimum atomic E-state index is -1.25. The quantitative estimate of drug-likeness (QED) is 0.832. The third-order valence-electron chi connectivity index (χ3n) is 4.19. The van der Waals surface area contributed by atoms with Gasteiger partial charge in [-0.1, -0.05) is 35.5 Å². The fourth-order valence-electron chi connectivity index (χ4n) is 3.06. The Bertz CT molecular complexity index is 703. The summed E-state index contributed by atoms with van der Waals surface area (Å²) in [5.74, 6) is 0.342. The standard InChI is InChI=1S/C17H21N3O4/c1-3-23-15(21)14(13-7-5-4-6-8-13)20-10-9-17(22,11-20)16-18-12(2)19-24-16/h4-8,14,22H,3,9-11H2,1-2H3. The Kier molecular flexibility index (Phi) is 4.64. The van der Waals surface area contributed by atoms with Crippen LogP contribution in [0.5, 0.6) is 0 Å². The maximum Gasteiger partial charge on any atom is 0.328 e. The maximum atomic E-state index is 12.5. The molecule has 3 rings (SSSR count). The lowest BCUT2D eigenvalue weighted by Gasteiger charge is -2.27. The molecule has 7 heteroatoms. The van der Waals surface area contributed by atoms with E-state index in [-0.39, 0.29) is 18.4 Å². The van der Waals surface area contributed by atoms with Gasteiger partial charge in [0.05, 0.1) is 6.61 Å². The first-order valence-corrected chi connectivity index (χ1v) is 8.02. The highest BCUT2D eigenvalue weighted by molar-refractivity contribution is 5.77. The molecule has 1 aromatic carbocycles. The van der Waals surface area contributed by atoms with Gasteiger partial charge in [-0.2, -0.15) is 4.98 Å². The van der Waals surface area contributed by atoms with Crippen LogP contribution in [0, 0.1) is 6.92 Å². The van der Waals surface area contributed by atoms with Gasteiger partial charge in [0.2, 0.25) is 0 Å². The van der Waals surface area contributed by atoms with Crippen LogP contribution in [0.15, 0.2) is 34.9 Å². The molecule has 1 fully saturated rings. The van der Waals surface area contributed by atoms with Crippen molar-refractivity contribution in [3.63, 3.8) is 0 Å². The Morgan fingerprint density at radius 1 is 1.46 bits per heavy atom. The van der Waals surface area contributed by atoms with Crippen LogP contribution in [0.4, 0.5) is 0 Å². The van der Waals surface area contributed by atoms with Crippen LogP contribution < -0.4 is 0 Å². The number of hydrogen-bond acceptors (Lipinski definition) is 7. The lowest BCUT2D eigenvalue weighted by Crippen LogP contribution is -2.37. The predicted molar refractivity (Wildman–Crippen MR) is 84.9 cm³/mol. The van der Waals surface area contributed by atoms with Crippen LogP contribution in [0.2, 0.25) is 0 Å². The molecule has 128 valence electrons. The molecule has 1 N–H and O–H groups in total. The number of β-amino-alcohol motifs (C(OH)–C–C–N with tert-alkyl or cyclic N) is 1. The van der Waals surface area contributed by atoms with E-state index in [9.17, 15) is 9.90 Å². The zero-order chi connectivity index (χ0) is 17.2. The largest absolute Gasteiger partial charge is 0.465 e. The van der Waals surface area contributed by atoms with Gasteiger partial charge in [-0.3, -0.25) is 4.90 Å². The molecule has 1 aliphatic rings. The van der Waals surface area contributed by atoms with Gasteiger partial charge in [0, 0.05) is 13.1 Å². The SMILES string of the molecule is CCOC(=O)C(c1ccccc1)N1CCC(O)(c2nc(C)no2)C1. The molecule has 2 unspecified atom stereocenters. The van der Waals surface area contributed by atoms with Gasteiger partial charge in [-0.05, 0) is 25.8 Å². The number of aryl methyl sites for hydroxylation is 1. The number of nitrogens with zero attached hydrogens (tertiary/aromatic N) is 3. The molecule has 0 saturated carbocycles. The molecule has 2 aromatic rings. The Morgan fingerprint density at radius 3 is 2.83 bits per heavy atom. The van der Waals surface area contributed by atoms with Crippen molar-refractivity contribution in [1.82, 2.24) is 15.0 Å². The molecule has 2 heterocycles. The zero-order valence-electron chi connectivity index (χ0n) is 13.8. The summed E-state index contributed by atoms with van der Waals surface area (Å²) in [6, 6.07) is 8.86. The second-order valence-electron chi connectivity index (χ2n) is 5.96. The summed E-state index contributed by atoms with van der Waals surface area (Å²) in [6.45, 7) is 4.54. The maximum absolute atomic E-state index is 12.5. The number of likely N-dealkylation sites (tertiary alicyclic amines) is 1. The van der Waals surface area contributed by atoms with E-state index in [1.54, 1.807) is 13.8 Å². The van der Waals surface area contributed by atoms with Gasteiger partial charge < -0.3 is 14.4 Å². The number of aliphatic hydroxyl groups is 1. The fraction of sp³-hybridized carbons (Fsp3) is 0.471. The fourth-order valence-corrected chi connectivity index (χ4v) is 3.06. The van der Waals surface area contributed by atoms with Crippen LogP contribution in [0.1, 0.15) is 36.7 Å². The first kappa shape index (κ1) is 16.6. The van der Waals surface area contributed by atoms with Crippen molar-refractivity contribution in [2.24, 2.45) is 0 Å². The smallest absolute Gasteiger partial charge is 0.328 e. The van der Waals surface area contributed by atoms with E-state index in [1.807, 2.05) is 35.2 Å². The molecular weight excluding hydrogens is 310 g/mol. The van der Waals surface area contributed by atoms with Crippen molar-refractivity contribution < 1.29 is 19.2 Å². The molecule has 2 atom stereocenters. The van der Waals surface area contributed by atoms with Crippen molar-refractivity contribution in [2.75, 3.05) is 19.7 Å². The molecular formula is C17H21N3O4. The summed E-state index contributed by atoms with van der Waals surface area (Å²) in [5, 5.41) is 14.6. The van der Waals surface area contributed by atoms with Gasteiger partial charge in [0.1, 0.15) is 6.04 Å². The topological polar surface area (TPSA) is 88.7 Å². The van der Waals surface area contributed by atoms with Gasteiger partial charge >= 0.3 is 5.97 Å². The van der Waals surface area contributed by atoms with Crippen LogP contribution in [-0.2, 0) is 15.1 Å². The Morgan fingerprint density at radius 2 is 2.21 bits per heavy atom. The van der Waals surface area contributed by atoms with Crippen molar-refractivity contribution >= 4 is 5.97 Å². The number of ether oxygens (including phenoxy) is 1. The molecule has 1 saturated heterocycles. The summed E-state index contributed by atoms with van der Waals surface area (Å²) >= 11 is 0. The van der Waals surface area contributed by atoms with Gasteiger partial charge in [-0.25, -0.2) is 4.79 Å². The molecule has 0 bridgehead atoms. The summed E-state index contributed by atoms with van der Waals surface area (Å²) in [7, 11) is 0. The molecule has 0 spiro atoms. The van der Waals surface area contributed by atoms with Crippen LogP contribution in [-0.4, -0.2) is 45.8 Å². The average molecular weight is 331 g/mol. The highest BCUT2D eigenvalue weighted by atomic mass is 16.5. The first-order valence-electron chi connectivity index (χ1n) is 8.02. The first-order chi connectivity index (χ1) is 11.5. The molecule has 0 radical (unpaired) electrons. The normalized spacial score (nSPS) is 22.5. The van der Waals surface area contributed by atoms with E-state index >= 15 is 0 Å². The lowest BCUT2D eigenvalue weighted by atomic mass is 10.0. The summed E-state index contributed by atoms with van der Waals surface area (Å²) in [4.78, 5) is 18.5. The van der Waals surface area contributed by atoms with Crippen molar-refractivity contribution in [1.29, 1.82) is 0 Å². The van der Waals surface area contributed by atoms with Gasteiger partial charge in [0.15, 0.2) is 11.4 Å².